The Balaban J connectivity index is 1.72. The molecule has 3 aromatic rings. The molecule has 4 rings (SSSR count). The van der Waals surface area contributed by atoms with Gasteiger partial charge in [0.1, 0.15) is 11.4 Å². The lowest BCUT2D eigenvalue weighted by Crippen LogP contribution is -2.32. The van der Waals surface area contributed by atoms with E-state index in [1.165, 1.54) is 16.2 Å². The highest BCUT2D eigenvalue weighted by atomic mass is 32.1. The number of hydrogen-bond acceptors (Lipinski definition) is 6. The van der Waals surface area contributed by atoms with E-state index in [4.69, 9.17) is 4.74 Å². The molecule has 0 unspecified atom stereocenters. The summed E-state index contributed by atoms with van der Waals surface area (Å²) in [6.45, 7) is 0. The number of ether oxygens (including phenoxy) is 1. The van der Waals surface area contributed by atoms with Gasteiger partial charge in [-0.1, -0.05) is 6.07 Å². The molecule has 0 saturated heterocycles. The van der Waals surface area contributed by atoms with Crippen LogP contribution in [0.1, 0.15) is 4.88 Å². The van der Waals surface area contributed by atoms with E-state index in [0.29, 0.717) is 17.0 Å². The van der Waals surface area contributed by atoms with Crippen molar-refractivity contribution in [2.24, 2.45) is 0 Å². The second kappa shape index (κ2) is 8.04. The molecule has 0 fully saturated rings. The van der Waals surface area contributed by atoms with Crippen molar-refractivity contribution < 1.29 is 14.3 Å². The van der Waals surface area contributed by atoms with E-state index < -0.39 is 0 Å². The minimum absolute atomic E-state index is 0.274. The lowest BCUT2D eigenvalue weighted by atomic mass is 10.1. The van der Waals surface area contributed by atoms with Crippen LogP contribution in [0.5, 0.6) is 5.75 Å². The molecule has 0 saturated carbocycles. The van der Waals surface area contributed by atoms with Gasteiger partial charge >= 0.3 is 0 Å². The Morgan fingerprint density at radius 2 is 1.63 bits per heavy atom. The van der Waals surface area contributed by atoms with Crippen LogP contribution in [0, 0.1) is 0 Å². The van der Waals surface area contributed by atoms with Crippen LogP contribution in [0.2, 0.25) is 0 Å². The summed E-state index contributed by atoms with van der Waals surface area (Å²) < 4.78 is 5.18. The zero-order chi connectivity index (χ0) is 21.3. The van der Waals surface area contributed by atoms with E-state index in [9.17, 15) is 9.59 Å². The third kappa shape index (κ3) is 3.55. The number of rotatable bonds is 6. The van der Waals surface area contributed by atoms with Crippen molar-refractivity contribution in [3.63, 3.8) is 0 Å². The molecule has 1 N–H and O–H groups in total. The highest BCUT2D eigenvalue weighted by molar-refractivity contribution is 7.11. The Morgan fingerprint density at radius 3 is 2.20 bits per heavy atom. The van der Waals surface area contributed by atoms with Gasteiger partial charge in [-0.15, -0.1) is 11.3 Å². The Labute approximate surface area is 179 Å². The molecule has 2 amide bonds. The molecule has 2 heterocycles. The molecule has 0 radical (unpaired) electrons. The summed E-state index contributed by atoms with van der Waals surface area (Å²) in [6, 6.07) is 18.3. The number of carbonyl (C=O) groups is 2. The SMILES string of the molecule is COc1ccc(N2C(=O)C(Nc3ccc(N(C)C)cc3)=C(c3cccs3)C2=O)cc1. The second-order valence-corrected chi connectivity index (χ2v) is 7.89. The average molecular weight is 420 g/mol. The lowest BCUT2D eigenvalue weighted by Gasteiger charge is -2.16. The first-order chi connectivity index (χ1) is 14.5. The topological polar surface area (TPSA) is 61.9 Å². The van der Waals surface area contributed by atoms with Crippen LogP contribution in [0.15, 0.2) is 71.7 Å². The smallest absolute Gasteiger partial charge is 0.282 e. The molecule has 0 aliphatic carbocycles. The molecule has 0 spiro atoms. The summed E-state index contributed by atoms with van der Waals surface area (Å²) in [5, 5.41) is 5.07. The highest BCUT2D eigenvalue weighted by Crippen LogP contribution is 2.36. The van der Waals surface area contributed by atoms with Gasteiger partial charge in [0.15, 0.2) is 0 Å². The Bertz CT molecular complexity index is 1100. The molecule has 30 heavy (non-hydrogen) atoms. The van der Waals surface area contributed by atoms with Crippen molar-refractivity contribution in [2.45, 2.75) is 0 Å². The molecule has 152 valence electrons. The normalized spacial score (nSPS) is 13.8. The minimum atomic E-state index is -0.384. The Morgan fingerprint density at radius 1 is 0.933 bits per heavy atom. The molecule has 0 atom stereocenters. The predicted molar refractivity (Wildman–Crippen MR) is 121 cm³/mol. The maximum Gasteiger partial charge on any atom is 0.282 e. The molecular formula is C23H21N3O3S. The maximum absolute atomic E-state index is 13.3. The number of methoxy groups -OCH3 is 1. The van der Waals surface area contributed by atoms with Gasteiger partial charge in [0.25, 0.3) is 11.8 Å². The fraction of sp³-hybridized carbons (Fsp3) is 0.130. The standard InChI is InChI=1S/C23H21N3O3S/c1-25(2)16-8-6-15(7-9-16)24-21-20(19-5-4-14-30-19)22(27)26(23(21)28)17-10-12-18(29-3)13-11-17/h4-14,24H,1-3H3. The van der Waals surface area contributed by atoms with E-state index in [1.807, 2.05) is 60.8 Å². The third-order valence-corrected chi connectivity index (χ3v) is 5.72. The van der Waals surface area contributed by atoms with E-state index >= 15 is 0 Å². The molecule has 1 aromatic heterocycles. The van der Waals surface area contributed by atoms with Crippen molar-refractivity contribution in [1.29, 1.82) is 0 Å². The summed E-state index contributed by atoms with van der Waals surface area (Å²) in [4.78, 5) is 30.5. The van der Waals surface area contributed by atoms with Crippen LogP contribution >= 0.6 is 11.3 Å². The van der Waals surface area contributed by atoms with Gasteiger partial charge in [-0.2, -0.15) is 0 Å². The Hall–Kier alpha value is -3.58. The first-order valence-electron chi connectivity index (χ1n) is 9.35. The fourth-order valence-corrected chi connectivity index (χ4v) is 4.02. The molecule has 6 nitrogen and oxygen atoms in total. The zero-order valence-electron chi connectivity index (χ0n) is 16.9. The summed E-state index contributed by atoms with van der Waals surface area (Å²) in [5.41, 5.74) is 2.93. The van der Waals surface area contributed by atoms with Crippen LogP contribution in [0.4, 0.5) is 17.1 Å². The quantitative estimate of drug-likeness (QED) is 0.606. The highest BCUT2D eigenvalue weighted by Gasteiger charge is 2.40. The third-order valence-electron chi connectivity index (χ3n) is 4.84. The number of anilines is 3. The molecule has 7 heteroatoms. The van der Waals surface area contributed by atoms with Crippen molar-refractivity contribution in [3.05, 3.63) is 76.6 Å². The molecule has 2 aromatic carbocycles. The zero-order valence-corrected chi connectivity index (χ0v) is 17.7. The molecule has 1 aliphatic heterocycles. The summed E-state index contributed by atoms with van der Waals surface area (Å²) in [6.07, 6.45) is 0. The number of hydrogen-bond donors (Lipinski definition) is 1. The largest absolute Gasteiger partial charge is 0.497 e. The van der Waals surface area contributed by atoms with Crippen LogP contribution in [0.3, 0.4) is 0 Å². The van der Waals surface area contributed by atoms with E-state index in [-0.39, 0.29) is 17.5 Å². The number of thiophene rings is 1. The van der Waals surface area contributed by atoms with Crippen LogP contribution in [-0.4, -0.2) is 33.0 Å². The second-order valence-electron chi connectivity index (χ2n) is 6.94. The maximum atomic E-state index is 13.3. The van der Waals surface area contributed by atoms with Crippen molar-refractivity contribution in [1.82, 2.24) is 0 Å². The van der Waals surface area contributed by atoms with E-state index in [1.54, 1.807) is 31.4 Å². The number of nitrogens with one attached hydrogen (secondary N) is 1. The molecule has 0 bridgehead atoms. The van der Waals surface area contributed by atoms with E-state index in [2.05, 4.69) is 5.32 Å². The van der Waals surface area contributed by atoms with Gasteiger partial charge < -0.3 is 15.0 Å². The van der Waals surface area contributed by atoms with Crippen molar-refractivity contribution >= 4 is 45.8 Å². The first-order valence-corrected chi connectivity index (χ1v) is 10.2. The van der Waals surface area contributed by atoms with Crippen LogP contribution < -0.4 is 19.9 Å². The number of nitrogens with zero attached hydrogens (tertiary/aromatic N) is 2. The van der Waals surface area contributed by atoms with Crippen molar-refractivity contribution in [2.75, 3.05) is 36.3 Å². The first kappa shape index (κ1) is 19.7. The average Bonchev–Trinajstić information content (AvgIpc) is 3.35. The van der Waals surface area contributed by atoms with Gasteiger partial charge in [-0.3, -0.25) is 9.59 Å². The Kier molecular flexibility index (Phi) is 5.29. The van der Waals surface area contributed by atoms with Gasteiger partial charge in [-0.05, 0) is 60.0 Å². The summed E-state index contributed by atoms with van der Waals surface area (Å²) in [7, 11) is 5.50. The van der Waals surface area contributed by atoms with E-state index in [0.717, 1.165) is 16.3 Å². The summed E-state index contributed by atoms with van der Waals surface area (Å²) in [5.74, 6) is -0.0751. The fourth-order valence-electron chi connectivity index (χ4n) is 3.25. The lowest BCUT2D eigenvalue weighted by molar-refractivity contribution is -0.120. The number of carbonyl (C=O) groups excluding carboxylic acids is 2. The van der Waals surface area contributed by atoms with Gasteiger partial charge in [-0.25, -0.2) is 4.90 Å². The minimum Gasteiger partial charge on any atom is -0.497 e. The molecule has 1 aliphatic rings. The van der Waals surface area contributed by atoms with Gasteiger partial charge in [0.2, 0.25) is 0 Å². The number of imide groups is 1. The van der Waals surface area contributed by atoms with Gasteiger partial charge in [0.05, 0.1) is 18.4 Å². The summed E-state index contributed by atoms with van der Waals surface area (Å²) >= 11 is 1.43. The van der Waals surface area contributed by atoms with Crippen LogP contribution in [0.25, 0.3) is 5.57 Å². The predicted octanol–water partition coefficient (Wildman–Crippen LogP) is 4.22. The molecular weight excluding hydrogens is 398 g/mol. The van der Waals surface area contributed by atoms with Crippen LogP contribution in [-0.2, 0) is 9.59 Å². The van der Waals surface area contributed by atoms with Crippen molar-refractivity contribution in [3.8, 4) is 5.75 Å². The number of benzene rings is 2. The van der Waals surface area contributed by atoms with Gasteiger partial charge in [0, 0.05) is 30.3 Å². The monoisotopic (exact) mass is 419 g/mol. The number of amides is 2.